The van der Waals surface area contributed by atoms with E-state index in [4.69, 9.17) is 0 Å². The highest BCUT2D eigenvalue weighted by Crippen LogP contribution is 2.31. The van der Waals surface area contributed by atoms with Crippen molar-refractivity contribution in [2.45, 2.75) is 24.7 Å². The van der Waals surface area contributed by atoms with Gasteiger partial charge in [-0.15, -0.1) is 0 Å². The molecular weight excluding hydrogens is 479 g/mol. The topological polar surface area (TPSA) is 109 Å². The number of alkyl halides is 3. The normalized spacial score (nSPS) is 13.3. The number of rotatable bonds is 9. The maximum atomic E-state index is 14.6. The van der Waals surface area contributed by atoms with Gasteiger partial charge in [-0.05, 0) is 36.8 Å². The van der Waals surface area contributed by atoms with E-state index in [0.29, 0.717) is 18.2 Å². The molecule has 0 aliphatic heterocycles. The zero-order chi connectivity index (χ0) is 25.8. The summed E-state index contributed by atoms with van der Waals surface area (Å²) in [6, 6.07) is 5.67. The van der Waals surface area contributed by atoms with Crippen LogP contribution in [-0.2, 0) is 23.1 Å². The first-order chi connectivity index (χ1) is 16.4. The molecule has 0 spiro atoms. The third-order valence-electron chi connectivity index (χ3n) is 5.19. The van der Waals surface area contributed by atoms with Crippen molar-refractivity contribution in [2.24, 2.45) is 0 Å². The summed E-state index contributed by atoms with van der Waals surface area (Å²) in [5.41, 5.74) is -3.62. The minimum Gasteiger partial charge on any atom is -0.480 e. The van der Waals surface area contributed by atoms with E-state index >= 15 is 0 Å². The number of carboxylic acid groups (broad SMARTS) is 1. The minimum atomic E-state index is -4.63. The van der Waals surface area contributed by atoms with Gasteiger partial charge >= 0.3 is 12.1 Å². The van der Waals surface area contributed by atoms with Crippen molar-refractivity contribution in [2.75, 3.05) is 13.1 Å². The zero-order valence-corrected chi connectivity index (χ0v) is 17.9. The van der Waals surface area contributed by atoms with Crippen molar-refractivity contribution in [1.29, 1.82) is 0 Å². The number of hydrogen-bond acceptors (Lipinski definition) is 5. The van der Waals surface area contributed by atoms with E-state index in [9.17, 15) is 41.8 Å². The van der Waals surface area contributed by atoms with Gasteiger partial charge in [-0.25, -0.2) is 18.4 Å². The molecule has 1 amide bonds. The minimum absolute atomic E-state index is 0.216. The molecule has 1 heterocycles. The fourth-order valence-corrected chi connectivity index (χ4v) is 3.47. The summed E-state index contributed by atoms with van der Waals surface area (Å²) in [6.45, 7) is -1.65. The Labute approximate surface area is 195 Å². The summed E-state index contributed by atoms with van der Waals surface area (Å²) in [4.78, 5) is 28.7. The Kier molecular flexibility index (Phi) is 7.48. The van der Waals surface area contributed by atoms with Gasteiger partial charge in [-0.3, -0.25) is 9.59 Å². The van der Waals surface area contributed by atoms with Crippen LogP contribution in [0, 0.1) is 11.6 Å². The molecule has 0 fully saturated rings. The Morgan fingerprint density at radius 1 is 1.06 bits per heavy atom. The fourth-order valence-electron chi connectivity index (χ4n) is 3.47. The number of nitrogens with zero attached hydrogens (tertiary/aromatic N) is 4. The largest absolute Gasteiger partial charge is 0.480 e. The number of aliphatic hydroxyl groups is 1. The van der Waals surface area contributed by atoms with Crippen LogP contribution < -0.4 is 0 Å². The van der Waals surface area contributed by atoms with Crippen molar-refractivity contribution >= 4 is 11.9 Å². The number of amides is 1. The summed E-state index contributed by atoms with van der Waals surface area (Å²) in [5, 5.41) is 24.4. The molecule has 186 valence electrons. The molecule has 8 nitrogen and oxygen atoms in total. The van der Waals surface area contributed by atoms with Gasteiger partial charge in [0.2, 0.25) is 0 Å². The van der Waals surface area contributed by atoms with Crippen molar-refractivity contribution in [3.05, 3.63) is 83.4 Å². The number of carbonyl (C=O) groups is 2. The maximum absolute atomic E-state index is 14.6. The first kappa shape index (κ1) is 25.7. The van der Waals surface area contributed by atoms with Gasteiger partial charge < -0.3 is 15.1 Å². The van der Waals surface area contributed by atoms with Crippen molar-refractivity contribution < 1.29 is 41.8 Å². The highest BCUT2D eigenvalue weighted by atomic mass is 19.4. The van der Waals surface area contributed by atoms with Gasteiger partial charge in [0.25, 0.3) is 5.91 Å². The molecule has 1 aromatic heterocycles. The van der Waals surface area contributed by atoms with Crippen molar-refractivity contribution in [3.63, 3.8) is 0 Å². The lowest BCUT2D eigenvalue weighted by Gasteiger charge is -2.31. The summed E-state index contributed by atoms with van der Waals surface area (Å²) in [6.07, 6.45) is -2.66. The molecule has 3 aromatic rings. The van der Waals surface area contributed by atoms with E-state index in [1.165, 1.54) is 11.0 Å². The number of hydrogen-bond donors (Lipinski definition) is 2. The summed E-state index contributed by atoms with van der Waals surface area (Å²) in [7, 11) is 0. The average Bonchev–Trinajstić information content (AvgIpc) is 3.28. The molecule has 35 heavy (non-hydrogen) atoms. The predicted octanol–water partition coefficient (Wildman–Crippen LogP) is 3.08. The Balaban J connectivity index is 1.89. The molecule has 0 radical (unpaired) electrons. The van der Waals surface area contributed by atoms with Crippen LogP contribution in [0.1, 0.15) is 27.9 Å². The Hall–Kier alpha value is -3.87. The van der Waals surface area contributed by atoms with Crippen LogP contribution in [0.3, 0.4) is 0 Å². The molecule has 2 aromatic carbocycles. The first-order valence-corrected chi connectivity index (χ1v) is 10.1. The molecule has 13 heteroatoms. The smallest absolute Gasteiger partial charge is 0.416 e. The monoisotopic (exact) mass is 498 g/mol. The molecule has 0 bridgehead atoms. The Morgan fingerprint density at radius 2 is 1.74 bits per heavy atom. The number of carbonyl (C=O) groups excluding carboxylic acids is 1. The van der Waals surface area contributed by atoms with E-state index in [-0.39, 0.29) is 17.7 Å². The van der Waals surface area contributed by atoms with E-state index in [0.717, 1.165) is 35.5 Å². The van der Waals surface area contributed by atoms with E-state index < -0.39 is 60.4 Å². The molecule has 1 atom stereocenters. The second-order valence-corrected chi connectivity index (χ2v) is 7.69. The van der Waals surface area contributed by atoms with Crippen molar-refractivity contribution in [1.82, 2.24) is 19.7 Å². The quantitative estimate of drug-likeness (QED) is 0.439. The van der Waals surface area contributed by atoms with Gasteiger partial charge in [0.15, 0.2) is 0 Å². The fraction of sp³-hybridized carbons (Fsp3) is 0.273. The molecular formula is C22H19F5N4O4. The average molecular weight is 498 g/mol. The van der Waals surface area contributed by atoms with Gasteiger partial charge in [-0.1, -0.05) is 6.07 Å². The third kappa shape index (κ3) is 6.38. The first-order valence-electron chi connectivity index (χ1n) is 10.1. The van der Waals surface area contributed by atoms with Crippen molar-refractivity contribution in [3.8, 4) is 0 Å². The molecule has 0 aliphatic carbocycles. The lowest BCUT2D eigenvalue weighted by Crippen LogP contribution is -2.41. The highest BCUT2D eigenvalue weighted by molar-refractivity contribution is 5.95. The summed E-state index contributed by atoms with van der Waals surface area (Å²) >= 11 is 0. The summed E-state index contributed by atoms with van der Waals surface area (Å²) < 4.78 is 67.6. The lowest BCUT2D eigenvalue weighted by molar-refractivity contribution is -0.138. The molecule has 0 saturated heterocycles. The molecule has 0 aliphatic rings. The van der Waals surface area contributed by atoms with E-state index in [2.05, 4.69) is 10.1 Å². The molecule has 0 saturated carbocycles. The van der Waals surface area contributed by atoms with Gasteiger partial charge in [0.1, 0.15) is 36.4 Å². The second kappa shape index (κ2) is 10.2. The standard InChI is InChI=1S/C22H19F5N4O4/c23-16-5-6-17(18(24)9-16)21(35,11-31-13-28-12-29-31)7-8-30(10-19(32)33)20(34)14-1-3-15(4-2-14)22(25,26)27/h1-6,9,12-13,35H,7-8,10-11H2,(H,32,33). The van der Waals surface area contributed by atoms with Crippen LogP contribution >= 0.6 is 0 Å². The van der Waals surface area contributed by atoms with Crippen LogP contribution in [0.5, 0.6) is 0 Å². The summed E-state index contributed by atoms with van der Waals surface area (Å²) in [5.74, 6) is -4.30. The highest BCUT2D eigenvalue weighted by Gasteiger charge is 2.35. The third-order valence-corrected chi connectivity index (χ3v) is 5.19. The Bertz CT molecular complexity index is 1190. The number of carboxylic acids is 1. The van der Waals surface area contributed by atoms with Crippen LogP contribution in [0.4, 0.5) is 22.0 Å². The van der Waals surface area contributed by atoms with E-state index in [1.54, 1.807) is 0 Å². The molecule has 1 unspecified atom stereocenters. The number of aliphatic carboxylic acids is 1. The lowest BCUT2D eigenvalue weighted by atomic mass is 9.89. The van der Waals surface area contributed by atoms with Crippen LogP contribution in [0.15, 0.2) is 55.1 Å². The SMILES string of the molecule is O=C(O)CN(CCC(O)(Cn1cncn1)c1ccc(F)cc1F)C(=O)c1ccc(C(F)(F)F)cc1. The number of benzene rings is 2. The van der Waals surface area contributed by atoms with Crippen LogP contribution in [-0.4, -0.2) is 54.8 Å². The van der Waals surface area contributed by atoms with E-state index in [1.807, 2.05) is 0 Å². The number of aromatic nitrogens is 3. The van der Waals surface area contributed by atoms with Gasteiger partial charge in [0.05, 0.1) is 12.1 Å². The van der Waals surface area contributed by atoms with Gasteiger partial charge in [0, 0.05) is 23.7 Å². The predicted molar refractivity (Wildman–Crippen MR) is 110 cm³/mol. The van der Waals surface area contributed by atoms with Gasteiger partial charge in [-0.2, -0.15) is 18.3 Å². The number of halogens is 5. The van der Waals surface area contributed by atoms with Crippen LogP contribution in [0.25, 0.3) is 0 Å². The molecule has 3 rings (SSSR count). The Morgan fingerprint density at radius 3 is 2.29 bits per heavy atom. The van der Waals surface area contributed by atoms with Crippen LogP contribution in [0.2, 0.25) is 0 Å². The maximum Gasteiger partial charge on any atom is 0.416 e. The molecule has 2 N–H and O–H groups in total. The zero-order valence-electron chi connectivity index (χ0n) is 17.9. The second-order valence-electron chi connectivity index (χ2n) is 7.69.